The van der Waals surface area contributed by atoms with E-state index < -0.39 is 0 Å². The number of nitrogens with zero attached hydrogens (tertiary/aromatic N) is 1. The van der Waals surface area contributed by atoms with Gasteiger partial charge >= 0.3 is 0 Å². The predicted octanol–water partition coefficient (Wildman–Crippen LogP) is 3.97. The molecule has 2 nitrogen and oxygen atoms in total. The van der Waals surface area contributed by atoms with Gasteiger partial charge in [-0.15, -0.1) is 0 Å². The van der Waals surface area contributed by atoms with Crippen molar-refractivity contribution >= 4 is 11.8 Å². The van der Waals surface area contributed by atoms with Gasteiger partial charge in [0.1, 0.15) is 5.54 Å². The molecule has 3 atom stereocenters. The van der Waals surface area contributed by atoms with E-state index in [4.69, 9.17) is 0 Å². The second kappa shape index (κ2) is 8.07. The van der Waals surface area contributed by atoms with Gasteiger partial charge in [0.2, 0.25) is 0 Å². The molecule has 0 saturated heterocycles. The molecule has 1 rings (SSSR count). The monoisotopic (exact) mass is 268 g/mol. The SMILES string of the molecule is CCNC(C)(C#N)CCCSC1CCCC(C)C1. The Kier molecular flexibility index (Phi) is 7.11. The number of nitriles is 1. The highest BCUT2D eigenvalue weighted by Gasteiger charge is 2.22. The first-order valence-electron chi connectivity index (χ1n) is 7.37. The quantitative estimate of drug-likeness (QED) is 0.710. The molecule has 0 heterocycles. The largest absolute Gasteiger partial charge is 0.300 e. The fraction of sp³-hybridized carbons (Fsp3) is 0.933. The van der Waals surface area contributed by atoms with E-state index >= 15 is 0 Å². The molecular formula is C15H28N2S. The lowest BCUT2D eigenvalue weighted by atomic mass is 9.91. The molecule has 0 bridgehead atoms. The van der Waals surface area contributed by atoms with Crippen molar-refractivity contribution in [3.05, 3.63) is 0 Å². The topological polar surface area (TPSA) is 35.8 Å². The van der Waals surface area contributed by atoms with Crippen LogP contribution in [0.25, 0.3) is 0 Å². The Balaban J connectivity index is 2.16. The van der Waals surface area contributed by atoms with Crippen LogP contribution in [0.15, 0.2) is 0 Å². The number of hydrogen-bond donors (Lipinski definition) is 1. The van der Waals surface area contributed by atoms with Crippen LogP contribution in [-0.2, 0) is 0 Å². The molecule has 1 saturated carbocycles. The summed E-state index contributed by atoms with van der Waals surface area (Å²) in [4.78, 5) is 0. The highest BCUT2D eigenvalue weighted by atomic mass is 32.2. The van der Waals surface area contributed by atoms with Gasteiger partial charge < -0.3 is 0 Å². The molecule has 104 valence electrons. The minimum absolute atomic E-state index is 0.324. The van der Waals surface area contributed by atoms with Crippen molar-refractivity contribution in [3.8, 4) is 6.07 Å². The van der Waals surface area contributed by atoms with E-state index in [1.165, 1.54) is 31.4 Å². The Labute approximate surface area is 117 Å². The summed E-state index contributed by atoms with van der Waals surface area (Å²) >= 11 is 2.13. The van der Waals surface area contributed by atoms with Gasteiger partial charge in [-0.05, 0) is 50.8 Å². The Hall–Kier alpha value is -0.200. The minimum atomic E-state index is -0.324. The Morgan fingerprint density at radius 1 is 1.44 bits per heavy atom. The van der Waals surface area contributed by atoms with Gasteiger partial charge in [-0.3, -0.25) is 5.32 Å². The summed E-state index contributed by atoms with van der Waals surface area (Å²) < 4.78 is 0. The zero-order chi connectivity index (χ0) is 13.4. The summed E-state index contributed by atoms with van der Waals surface area (Å²) in [6.07, 6.45) is 7.74. The van der Waals surface area contributed by atoms with Gasteiger partial charge in [-0.25, -0.2) is 0 Å². The maximum absolute atomic E-state index is 9.18. The Morgan fingerprint density at radius 2 is 2.22 bits per heavy atom. The van der Waals surface area contributed by atoms with E-state index in [0.29, 0.717) is 0 Å². The number of hydrogen-bond acceptors (Lipinski definition) is 3. The molecule has 1 N–H and O–H groups in total. The van der Waals surface area contributed by atoms with Crippen molar-refractivity contribution in [2.24, 2.45) is 5.92 Å². The molecular weight excluding hydrogens is 240 g/mol. The maximum Gasteiger partial charge on any atom is 0.103 e. The van der Waals surface area contributed by atoms with Crippen molar-refractivity contribution in [3.63, 3.8) is 0 Å². The van der Waals surface area contributed by atoms with Crippen molar-refractivity contribution < 1.29 is 0 Å². The smallest absolute Gasteiger partial charge is 0.103 e. The first kappa shape index (κ1) is 15.9. The van der Waals surface area contributed by atoms with Crippen LogP contribution in [0.2, 0.25) is 0 Å². The molecule has 18 heavy (non-hydrogen) atoms. The summed E-state index contributed by atoms with van der Waals surface area (Å²) in [7, 11) is 0. The number of thioether (sulfide) groups is 1. The van der Waals surface area contributed by atoms with E-state index in [0.717, 1.165) is 30.6 Å². The van der Waals surface area contributed by atoms with Gasteiger partial charge in [0.15, 0.2) is 0 Å². The van der Waals surface area contributed by atoms with E-state index in [9.17, 15) is 5.26 Å². The van der Waals surface area contributed by atoms with Gasteiger partial charge in [0, 0.05) is 5.25 Å². The molecule has 3 unspecified atom stereocenters. The zero-order valence-electron chi connectivity index (χ0n) is 12.2. The van der Waals surface area contributed by atoms with E-state index in [-0.39, 0.29) is 5.54 Å². The minimum Gasteiger partial charge on any atom is -0.300 e. The van der Waals surface area contributed by atoms with Crippen LogP contribution in [0.3, 0.4) is 0 Å². The first-order chi connectivity index (χ1) is 8.59. The standard InChI is InChI=1S/C15H28N2S/c1-4-17-15(3,12-16)9-6-10-18-14-8-5-7-13(2)11-14/h13-14,17H,4-11H2,1-3H3. The lowest BCUT2D eigenvalue weighted by molar-refractivity contribution is 0.393. The van der Waals surface area contributed by atoms with E-state index in [2.05, 4.69) is 37.0 Å². The number of rotatable bonds is 7. The van der Waals surface area contributed by atoms with Crippen LogP contribution in [0.5, 0.6) is 0 Å². The lowest BCUT2D eigenvalue weighted by Gasteiger charge is -2.27. The van der Waals surface area contributed by atoms with Crippen LogP contribution in [0.4, 0.5) is 0 Å². The van der Waals surface area contributed by atoms with E-state index in [1.807, 2.05) is 6.92 Å². The third-order valence-electron chi connectivity index (χ3n) is 3.88. The third-order valence-corrected chi connectivity index (χ3v) is 5.30. The molecule has 1 fully saturated rings. The van der Waals surface area contributed by atoms with Crippen LogP contribution < -0.4 is 5.32 Å². The molecule has 0 aromatic carbocycles. The highest BCUT2D eigenvalue weighted by Crippen LogP contribution is 2.32. The molecule has 0 aliphatic heterocycles. The van der Waals surface area contributed by atoms with Gasteiger partial charge in [-0.1, -0.05) is 26.7 Å². The fourth-order valence-electron chi connectivity index (χ4n) is 2.78. The molecule has 0 radical (unpaired) electrons. The summed E-state index contributed by atoms with van der Waals surface area (Å²) in [6, 6.07) is 2.40. The molecule has 0 spiro atoms. The van der Waals surface area contributed by atoms with Crippen LogP contribution >= 0.6 is 11.8 Å². The third kappa shape index (κ3) is 5.63. The predicted molar refractivity (Wildman–Crippen MR) is 80.8 cm³/mol. The van der Waals surface area contributed by atoms with Crippen molar-refractivity contribution in [1.82, 2.24) is 5.32 Å². The fourth-order valence-corrected chi connectivity index (χ4v) is 4.22. The molecule has 0 aromatic heterocycles. The normalized spacial score (nSPS) is 27.4. The van der Waals surface area contributed by atoms with Crippen molar-refractivity contribution in [2.45, 2.75) is 70.1 Å². The average molecular weight is 268 g/mol. The summed E-state index contributed by atoms with van der Waals surface area (Å²) in [6.45, 7) is 7.33. The second-order valence-corrected chi connectivity index (χ2v) is 7.25. The molecule has 0 aromatic rings. The molecule has 1 aliphatic carbocycles. The van der Waals surface area contributed by atoms with Crippen molar-refractivity contribution in [1.29, 1.82) is 5.26 Å². The average Bonchev–Trinajstić information content (AvgIpc) is 2.35. The summed E-state index contributed by atoms with van der Waals surface area (Å²) in [5, 5.41) is 13.3. The first-order valence-corrected chi connectivity index (χ1v) is 8.42. The Bertz CT molecular complexity index is 274. The highest BCUT2D eigenvalue weighted by molar-refractivity contribution is 7.99. The summed E-state index contributed by atoms with van der Waals surface area (Å²) in [5.41, 5.74) is -0.324. The molecule has 3 heteroatoms. The molecule has 1 aliphatic rings. The van der Waals surface area contributed by atoms with Gasteiger partial charge in [0.25, 0.3) is 0 Å². The summed E-state index contributed by atoms with van der Waals surface area (Å²) in [5.74, 6) is 2.13. The van der Waals surface area contributed by atoms with Gasteiger partial charge in [-0.2, -0.15) is 17.0 Å². The van der Waals surface area contributed by atoms with Crippen molar-refractivity contribution in [2.75, 3.05) is 12.3 Å². The number of nitrogens with one attached hydrogen (secondary N) is 1. The Morgan fingerprint density at radius 3 is 2.83 bits per heavy atom. The van der Waals surface area contributed by atoms with Crippen LogP contribution in [0, 0.1) is 17.2 Å². The van der Waals surface area contributed by atoms with Gasteiger partial charge in [0.05, 0.1) is 6.07 Å². The lowest BCUT2D eigenvalue weighted by Crippen LogP contribution is -2.40. The molecule has 0 amide bonds. The van der Waals surface area contributed by atoms with Crippen LogP contribution in [-0.4, -0.2) is 23.1 Å². The maximum atomic E-state index is 9.18. The second-order valence-electron chi connectivity index (χ2n) is 5.84. The van der Waals surface area contributed by atoms with E-state index in [1.54, 1.807) is 0 Å². The van der Waals surface area contributed by atoms with Crippen LogP contribution in [0.1, 0.15) is 59.3 Å². The zero-order valence-corrected chi connectivity index (χ0v) is 13.0.